The minimum atomic E-state index is -0.287. The second-order valence-corrected chi connectivity index (χ2v) is 7.57. The molecule has 0 atom stereocenters. The zero-order valence-corrected chi connectivity index (χ0v) is 17.2. The van der Waals surface area contributed by atoms with Crippen molar-refractivity contribution in [3.63, 3.8) is 0 Å². The standard InChI is InChI=1S/C24H26FN3O2/c1-30-16-15-27(17-18-7-3-2-4-8-18)24(29)23-21-9-5-6-10-22(21)28(26-23)20-13-11-19(25)12-14-20/h2-4,7-8,11-14H,5-6,9-10,15-17H2,1H3. The van der Waals surface area contributed by atoms with Gasteiger partial charge in [-0.25, -0.2) is 9.07 Å². The SMILES string of the molecule is COCCN(Cc1ccccc1)C(=O)c1nn(-c2ccc(F)cc2)c2c1CCCC2. The Balaban J connectivity index is 1.70. The van der Waals surface area contributed by atoms with Gasteiger partial charge >= 0.3 is 0 Å². The molecular weight excluding hydrogens is 381 g/mol. The van der Waals surface area contributed by atoms with E-state index >= 15 is 0 Å². The van der Waals surface area contributed by atoms with Crippen LogP contribution in [0.5, 0.6) is 0 Å². The van der Waals surface area contributed by atoms with Gasteiger partial charge < -0.3 is 9.64 Å². The first-order valence-electron chi connectivity index (χ1n) is 10.4. The molecule has 4 rings (SSSR count). The molecule has 0 bridgehead atoms. The van der Waals surface area contributed by atoms with Crippen molar-refractivity contribution in [1.82, 2.24) is 14.7 Å². The molecule has 0 saturated carbocycles. The molecule has 5 nitrogen and oxygen atoms in total. The Labute approximate surface area is 176 Å². The molecule has 1 aliphatic carbocycles. The Morgan fingerprint density at radius 1 is 1.10 bits per heavy atom. The molecule has 1 aromatic heterocycles. The number of methoxy groups -OCH3 is 1. The summed E-state index contributed by atoms with van der Waals surface area (Å²) < 4.78 is 20.5. The summed E-state index contributed by atoms with van der Waals surface area (Å²) in [7, 11) is 1.64. The van der Waals surface area contributed by atoms with Crippen LogP contribution in [0.3, 0.4) is 0 Å². The minimum absolute atomic E-state index is 0.0880. The highest BCUT2D eigenvalue weighted by atomic mass is 19.1. The van der Waals surface area contributed by atoms with E-state index in [2.05, 4.69) is 0 Å². The van der Waals surface area contributed by atoms with Gasteiger partial charge in [0.1, 0.15) is 5.82 Å². The third-order valence-electron chi connectivity index (χ3n) is 5.52. The number of benzene rings is 2. The fourth-order valence-electron chi connectivity index (χ4n) is 3.97. The van der Waals surface area contributed by atoms with Gasteiger partial charge in [-0.15, -0.1) is 0 Å². The van der Waals surface area contributed by atoms with E-state index in [9.17, 15) is 9.18 Å². The Kier molecular flexibility index (Phi) is 6.23. The van der Waals surface area contributed by atoms with Crippen LogP contribution < -0.4 is 0 Å². The summed E-state index contributed by atoms with van der Waals surface area (Å²) >= 11 is 0. The number of carbonyl (C=O) groups is 1. The number of amides is 1. The van der Waals surface area contributed by atoms with E-state index in [1.807, 2.05) is 35.0 Å². The van der Waals surface area contributed by atoms with Gasteiger partial charge in [-0.05, 0) is 55.5 Å². The maximum atomic E-state index is 13.6. The summed E-state index contributed by atoms with van der Waals surface area (Å²) in [5.41, 5.74) is 4.42. The number of nitrogens with zero attached hydrogens (tertiary/aromatic N) is 3. The van der Waals surface area contributed by atoms with Gasteiger partial charge in [0.15, 0.2) is 5.69 Å². The number of ether oxygens (including phenoxy) is 1. The fraction of sp³-hybridized carbons (Fsp3) is 0.333. The largest absolute Gasteiger partial charge is 0.383 e. The van der Waals surface area contributed by atoms with Crippen molar-refractivity contribution in [1.29, 1.82) is 0 Å². The average Bonchev–Trinajstić information content (AvgIpc) is 3.17. The average molecular weight is 407 g/mol. The van der Waals surface area contributed by atoms with E-state index in [4.69, 9.17) is 9.84 Å². The topological polar surface area (TPSA) is 47.4 Å². The second-order valence-electron chi connectivity index (χ2n) is 7.57. The van der Waals surface area contributed by atoms with Gasteiger partial charge in [-0.1, -0.05) is 30.3 Å². The normalized spacial score (nSPS) is 13.1. The Morgan fingerprint density at radius 2 is 1.83 bits per heavy atom. The lowest BCUT2D eigenvalue weighted by atomic mass is 9.95. The van der Waals surface area contributed by atoms with Crippen LogP contribution in [0.4, 0.5) is 4.39 Å². The van der Waals surface area contributed by atoms with Gasteiger partial charge in [0.25, 0.3) is 5.91 Å². The number of hydrogen-bond acceptors (Lipinski definition) is 3. The maximum absolute atomic E-state index is 13.6. The van der Waals surface area contributed by atoms with Crippen molar-refractivity contribution in [2.75, 3.05) is 20.3 Å². The molecule has 0 spiro atoms. The molecular formula is C24H26FN3O2. The summed E-state index contributed by atoms with van der Waals surface area (Å²) in [4.78, 5) is 15.4. The van der Waals surface area contributed by atoms with Gasteiger partial charge in [-0.3, -0.25) is 4.79 Å². The predicted octanol–water partition coefficient (Wildman–Crippen LogP) is 4.18. The molecule has 1 amide bonds. The summed E-state index contributed by atoms with van der Waals surface area (Å²) in [5, 5.41) is 4.72. The monoisotopic (exact) mass is 407 g/mol. The van der Waals surface area contributed by atoms with Crippen LogP contribution in [0.1, 0.15) is 40.2 Å². The molecule has 0 aliphatic heterocycles. The number of fused-ring (bicyclic) bond motifs is 1. The summed E-state index contributed by atoms with van der Waals surface area (Å²) in [6.45, 7) is 1.45. The smallest absolute Gasteiger partial charge is 0.275 e. The Morgan fingerprint density at radius 3 is 2.57 bits per heavy atom. The fourth-order valence-corrected chi connectivity index (χ4v) is 3.97. The first-order chi connectivity index (χ1) is 14.7. The van der Waals surface area contributed by atoms with Crippen LogP contribution in [0, 0.1) is 5.82 Å². The molecule has 3 aromatic rings. The molecule has 0 radical (unpaired) electrons. The quantitative estimate of drug-likeness (QED) is 0.590. The van der Waals surface area contributed by atoms with Crippen molar-refractivity contribution in [3.8, 4) is 5.69 Å². The first kappa shape index (κ1) is 20.3. The zero-order valence-electron chi connectivity index (χ0n) is 17.2. The van der Waals surface area contributed by atoms with Crippen LogP contribution in [0.2, 0.25) is 0 Å². The number of hydrogen-bond donors (Lipinski definition) is 0. The number of aromatic nitrogens is 2. The summed E-state index contributed by atoms with van der Waals surface area (Å²) in [6.07, 6.45) is 3.80. The highest BCUT2D eigenvalue weighted by molar-refractivity contribution is 5.94. The number of halogens is 1. The highest BCUT2D eigenvalue weighted by Crippen LogP contribution is 2.28. The molecule has 0 fully saturated rings. The summed E-state index contributed by atoms with van der Waals surface area (Å²) in [6, 6.07) is 16.2. The van der Waals surface area contributed by atoms with Gasteiger partial charge in [-0.2, -0.15) is 5.10 Å². The van der Waals surface area contributed by atoms with Crippen molar-refractivity contribution in [2.45, 2.75) is 32.2 Å². The molecule has 0 unspecified atom stereocenters. The Bertz CT molecular complexity index is 999. The van der Waals surface area contributed by atoms with Gasteiger partial charge in [0.2, 0.25) is 0 Å². The van der Waals surface area contributed by atoms with Crippen LogP contribution >= 0.6 is 0 Å². The molecule has 0 saturated heterocycles. The van der Waals surface area contributed by atoms with E-state index < -0.39 is 0 Å². The third-order valence-corrected chi connectivity index (χ3v) is 5.52. The lowest BCUT2D eigenvalue weighted by Gasteiger charge is -2.22. The van der Waals surface area contributed by atoms with Crippen molar-refractivity contribution in [2.24, 2.45) is 0 Å². The van der Waals surface area contributed by atoms with E-state index in [1.54, 1.807) is 24.1 Å². The van der Waals surface area contributed by atoms with E-state index in [0.717, 1.165) is 48.2 Å². The molecule has 1 heterocycles. The zero-order chi connectivity index (χ0) is 20.9. The van der Waals surface area contributed by atoms with Crippen LogP contribution in [0.25, 0.3) is 5.69 Å². The van der Waals surface area contributed by atoms with E-state index in [0.29, 0.717) is 25.4 Å². The lowest BCUT2D eigenvalue weighted by molar-refractivity contribution is 0.0673. The predicted molar refractivity (Wildman–Crippen MR) is 113 cm³/mol. The van der Waals surface area contributed by atoms with Crippen LogP contribution in [-0.2, 0) is 24.1 Å². The molecule has 1 aliphatic rings. The number of rotatable bonds is 7. The number of carbonyl (C=O) groups excluding carboxylic acids is 1. The first-order valence-corrected chi connectivity index (χ1v) is 10.4. The van der Waals surface area contributed by atoms with Crippen molar-refractivity contribution >= 4 is 5.91 Å². The summed E-state index contributed by atoms with van der Waals surface area (Å²) in [5.74, 6) is -0.375. The lowest BCUT2D eigenvalue weighted by Crippen LogP contribution is -2.34. The molecule has 30 heavy (non-hydrogen) atoms. The van der Waals surface area contributed by atoms with Crippen molar-refractivity contribution in [3.05, 3.63) is 82.9 Å². The highest BCUT2D eigenvalue weighted by Gasteiger charge is 2.28. The molecule has 6 heteroatoms. The Hall–Kier alpha value is -2.99. The molecule has 2 aromatic carbocycles. The second kappa shape index (κ2) is 9.22. The van der Waals surface area contributed by atoms with Gasteiger partial charge in [0.05, 0.1) is 12.3 Å². The molecule has 156 valence electrons. The van der Waals surface area contributed by atoms with Crippen LogP contribution in [0.15, 0.2) is 54.6 Å². The minimum Gasteiger partial charge on any atom is -0.383 e. The van der Waals surface area contributed by atoms with Gasteiger partial charge in [0, 0.05) is 31.5 Å². The maximum Gasteiger partial charge on any atom is 0.275 e. The third kappa shape index (κ3) is 4.28. The van der Waals surface area contributed by atoms with Crippen molar-refractivity contribution < 1.29 is 13.9 Å². The van der Waals surface area contributed by atoms with E-state index in [1.165, 1.54) is 12.1 Å². The van der Waals surface area contributed by atoms with Crippen LogP contribution in [-0.4, -0.2) is 40.8 Å². The van der Waals surface area contributed by atoms with E-state index in [-0.39, 0.29) is 11.7 Å². The molecule has 0 N–H and O–H groups in total.